The number of benzene rings is 3. The van der Waals surface area contributed by atoms with Crippen LogP contribution in [0.15, 0.2) is 72.6 Å². The standard InChI is InChI=1S/C27H21NO5/c1-16-12-18(32-27(30)20-9-5-7-11-22(20)31-3)14-23-25(16)26(29)24(33-23)13-17-15-28(2)21-10-6-4-8-19(17)21/h4-15H,1-3H3/b24-13-. The van der Waals surface area contributed by atoms with Crippen LogP contribution in [0, 0.1) is 6.92 Å². The fourth-order valence-electron chi connectivity index (χ4n) is 4.14. The van der Waals surface area contributed by atoms with Gasteiger partial charge in [0.1, 0.15) is 22.8 Å². The maximum Gasteiger partial charge on any atom is 0.347 e. The van der Waals surface area contributed by atoms with Gasteiger partial charge >= 0.3 is 5.97 Å². The van der Waals surface area contributed by atoms with Gasteiger partial charge in [-0.05, 0) is 42.8 Å². The van der Waals surface area contributed by atoms with Crippen LogP contribution in [-0.2, 0) is 7.05 Å². The number of rotatable bonds is 4. The van der Waals surface area contributed by atoms with Gasteiger partial charge in [0.05, 0.1) is 12.7 Å². The van der Waals surface area contributed by atoms with Crippen molar-refractivity contribution >= 4 is 28.7 Å². The highest BCUT2D eigenvalue weighted by Crippen LogP contribution is 2.38. The molecule has 33 heavy (non-hydrogen) atoms. The van der Waals surface area contributed by atoms with Gasteiger partial charge in [-0.2, -0.15) is 0 Å². The number of carbonyl (C=O) groups is 2. The zero-order valence-corrected chi connectivity index (χ0v) is 18.4. The lowest BCUT2D eigenvalue weighted by Gasteiger charge is -2.10. The van der Waals surface area contributed by atoms with Gasteiger partial charge in [-0.1, -0.05) is 30.3 Å². The van der Waals surface area contributed by atoms with Crippen molar-refractivity contribution in [2.45, 2.75) is 6.92 Å². The molecule has 1 aromatic heterocycles. The summed E-state index contributed by atoms with van der Waals surface area (Å²) in [5, 5.41) is 1.03. The molecule has 5 rings (SSSR count). The number of Topliss-reactive ketones (excluding diaryl/α,β-unsaturated/α-hetero) is 1. The molecule has 0 spiro atoms. The van der Waals surface area contributed by atoms with Crippen molar-refractivity contribution in [3.05, 3.63) is 94.9 Å². The number of aryl methyl sites for hydroxylation is 2. The molecule has 0 saturated carbocycles. The summed E-state index contributed by atoms with van der Waals surface area (Å²) < 4.78 is 18.7. The van der Waals surface area contributed by atoms with E-state index in [1.807, 2.05) is 42.1 Å². The van der Waals surface area contributed by atoms with E-state index in [1.54, 1.807) is 49.4 Å². The average molecular weight is 439 g/mol. The minimum atomic E-state index is -0.553. The van der Waals surface area contributed by atoms with Crippen molar-refractivity contribution in [3.8, 4) is 17.2 Å². The van der Waals surface area contributed by atoms with Crippen LogP contribution < -0.4 is 14.2 Å². The highest BCUT2D eigenvalue weighted by atomic mass is 16.5. The molecule has 0 fully saturated rings. The Morgan fingerprint density at radius 3 is 2.64 bits per heavy atom. The largest absolute Gasteiger partial charge is 0.496 e. The molecule has 0 saturated heterocycles. The third-order valence-corrected chi connectivity index (χ3v) is 5.70. The lowest BCUT2D eigenvalue weighted by atomic mass is 10.0. The van der Waals surface area contributed by atoms with Gasteiger partial charge in [-0.15, -0.1) is 0 Å². The smallest absolute Gasteiger partial charge is 0.347 e. The highest BCUT2D eigenvalue weighted by molar-refractivity contribution is 6.16. The lowest BCUT2D eigenvalue weighted by Crippen LogP contribution is -2.10. The van der Waals surface area contributed by atoms with Crippen LogP contribution in [0.5, 0.6) is 17.2 Å². The van der Waals surface area contributed by atoms with E-state index in [9.17, 15) is 9.59 Å². The molecular weight excluding hydrogens is 418 g/mol. The van der Waals surface area contributed by atoms with Crippen LogP contribution in [-0.4, -0.2) is 23.4 Å². The summed E-state index contributed by atoms with van der Waals surface area (Å²) in [5.74, 6) is 0.570. The number of para-hydroxylation sites is 2. The second kappa shape index (κ2) is 7.98. The number of allylic oxidation sites excluding steroid dienone is 1. The Morgan fingerprint density at radius 2 is 1.82 bits per heavy atom. The normalized spacial score (nSPS) is 13.8. The maximum atomic E-state index is 13.1. The van der Waals surface area contributed by atoms with E-state index >= 15 is 0 Å². The van der Waals surface area contributed by atoms with Crippen molar-refractivity contribution in [1.82, 2.24) is 4.57 Å². The second-order valence-corrected chi connectivity index (χ2v) is 7.86. The summed E-state index contributed by atoms with van der Waals surface area (Å²) in [6.45, 7) is 1.79. The highest BCUT2D eigenvalue weighted by Gasteiger charge is 2.31. The first kappa shape index (κ1) is 20.6. The first-order valence-corrected chi connectivity index (χ1v) is 10.4. The van der Waals surface area contributed by atoms with E-state index in [0.29, 0.717) is 33.9 Å². The third-order valence-electron chi connectivity index (χ3n) is 5.70. The van der Waals surface area contributed by atoms with Crippen LogP contribution in [0.25, 0.3) is 17.0 Å². The van der Waals surface area contributed by atoms with Gasteiger partial charge in [-0.25, -0.2) is 4.79 Å². The number of methoxy groups -OCH3 is 1. The number of ether oxygens (including phenoxy) is 3. The molecule has 6 heteroatoms. The Bertz CT molecular complexity index is 1460. The van der Waals surface area contributed by atoms with Crippen molar-refractivity contribution in [1.29, 1.82) is 0 Å². The predicted molar refractivity (Wildman–Crippen MR) is 125 cm³/mol. The van der Waals surface area contributed by atoms with Crippen LogP contribution in [0.4, 0.5) is 0 Å². The van der Waals surface area contributed by atoms with Crippen LogP contribution in [0.3, 0.4) is 0 Å². The minimum absolute atomic E-state index is 0.196. The van der Waals surface area contributed by atoms with Gasteiger partial charge in [0, 0.05) is 35.8 Å². The molecule has 0 bridgehead atoms. The van der Waals surface area contributed by atoms with E-state index in [2.05, 4.69) is 0 Å². The number of aromatic nitrogens is 1. The molecule has 4 aromatic rings. The molecule has 0 aliphatic carbocycles. The van der Waals surface area contributed by atoms with Crippen molar-refractivity contribution in [3.63, 3.8) is 0 Å². The first-order chi connectivity index (χ1) is 16.0. The summed E-state index contributed by atoms with van der Waals surface area (Å²) in [5.41, 5.74) is 3.41. The Kier molecular flexibility index (Phi) is 4.98. The van der Waals surface area contributed by atoms with E-state index < -0.39 is 5.97 Å². The summed E-state index contributed by atoms with van der Waals surface area (Å²) in [6, 6.07) is 18.0. The minimum Gasteiger partial charge on any atom is -0.496 e. The molecule has 3 aromatic carbocycles. The second-order valence-electron chi connectivity index (χ2n) is 7.86. The predicted octanol–water partition coefficient (Wildman–Crippen LogP) is 5.33. The Hall–Kier alpha value is -4.32. The molecule has 2 heterocycles. The molecule has 1 aliphatic rings. The number of ketones is 1. The van der Waals surface area contributed by atoms with Gasteiger partial charge in [0.2, 0.25) is 5.78 Å². The van der Waals surface area contributed by atoms with E-state index in [4.69, 9.17) is 14.2 Å². The van der Waals surface area contributed by atoms with Gasteiger partial charge in [0.25, 0.3) is 0 Å². The summed E-state index contributed by atoms with van der Waals surface area (Å²) in [4.78, 5) is 25.8. The summed E-state index contributed by atoms with van der Waals surface area (Å²) >= 11 is 0. The molecular formula is C27H21NO5. The lowest BCUT2D eigenvalue weighted by molar-refractivity contribution is 0.0731. The van der Waals surface area contributed by atoms with Gasteiger partial charge in [-0.3, -0.25) is 4.79 Å². The zero-order valence-electron chi connectivity index (χ0n) is 18.4. The molecule has 0 atom stereocenters. The van der Waals surface area contributed by atoms with Gasteiger partial charge in [0.15, 0.2) is 5.76 Å². The summed E-state index contributed by atoms with van der Waals surface area (Å²) in [7, 11) is 3.46. The van der Waals surface area contributed by atoms with Crippen molar-refractivity contribution < 1.29 is 23.8 Å². The molecule has 0 N–H and O–H groups in total. The Labute approximate surface area is 190 Å². The van der Waals surface area contributed by atoms with Gasteiger partial charge < -0.3 is 18.8 Å². The monoisotopic (exact) mass is 439 g/mol. The molecule has 6 nitrogen and oxygen atoms in total. The number of nitrogens with zero attached hydrogens (tertiary/aromatic N) is 1. The number of hydrogen-bond donors (Lipinski definition) is 0. The van der Waals surface area contributed by atoms with Crippen LogP contribution >= 0.6 is 0 Å². The zero-order chi connectivity index (χ0) is 23.1. The molecule has 164 valence electrons. The van der Waals surface area contributed by atoms with Crippen molar-refractivity contribution in [2.75, 3.05) is 7.11 Å². The fraction of sp³-hybridized carbons (Fsp3) is 0.111. The SMILES string of the molecule is COc1ccccc1C(=O)Oc1cc(C)c2c(c1)O/C(=C\c1cn(C)c3ccccc13)C2=O. The van der Waals surface area contributed by atoms with Crippen LogP contribution in [0.2, 0.25) is 0 Å². The third kappa shape index (κ3) is 3.55. The average Bonchev–Trinajstić information content (AvgIpc) is 3.30. The molecule has 0 amide bonds. The molecule has 0 unspecified atom stereocenters. The fourth-order valence-corrected chi connectivity index (χ4v) is 4.14. The topological polar surface area (TPSA) is 66.8 Å². The van der Waals surface area contributed by atoms with E-state index in [0.717, 1.165) is 16.5 Å². The quantitative estimate of drug-likeness (QED) is 0.244. The summed E-state index contributed by atoms with van der Waals surface area (Å²) in [6.07, 6.45) is 3.72. The van der Waals surface area contributed by atoms with E-state index in [-0.39, 0.29) is 11.5 Å². The van der Waals surface area contributed by atoms with Crippen LogP contribution in [0.1, 0.15) is 31.8 Å². The molecule has 1 aliphatic heterocycles. The Morgan fingerprint density at radius 1 is 1.06 bits per heavy atom. The molecule has 0 radical (unpaired) electrons. The van der Waals surface area contributed by atoms with Crippen molar-refractivity contribution in [2.24, 2.45) is 7.05 Å². The first-order valence-electron chi connectivity index (χ1n) is 10.4. The maximum absolute atomic E-state index is 13.1. The Balaban J connectivity index is 1.46. The number of fused-ring (bicyclic) bond motifs is 2. The number of hydrogen-bond acceptors (Lipinski definition) is 5. The van der Waals surface area contributed by atoms with E-state index in [1.165, 1.54) is 7.11 Å². The number of carbonyl (C=O) groups excluding carboxylic acids is 2. The number of esters is 1.